The second-order valence-corrected chi connectivity index (χ2v) is 8.08. The first kappa shape index (κ1) is 24.0. The van der Waals surface area contributed by atoms with E-state index in [-0.39, 0.29) is 11.8 Å². The summed E-state index contributed by atoms with van der Waals surface area (Å²) in [6.07, 6.45) is 7.92. The average molecular weight is 446 g/mol. The summed E-state index contributed by atoms with van der Waals surface area (Å²) in [5.41, 5.74) is 4.05. The van der Waals surface area contributed by atoms with Crippen molar-refractivity contribution in [2.45, 2.75) is 44.9 Å². The van der Waals surface area contributed by atoms with Crippen molar-refractivity contribution in [2.24, 2.45) is 0 Å². The van der Waals surface area contributed by atoms with Crippen molar-refractivity contribution in [3.05, 3.63) is 89.9 Å². The van der Waals surface area contributed by atoms with Gasteiger partial charge in [-0.1, -0.05) is 48.9 Å². The highest BCUT2D eigenvalue weighted by molar-refractivity contribution is 5.91. The van der Waals surface area contributed by atoms with Crippen LogP contribution in [-0.2, 0) is 16.0 Å². The zero-order chi connectivity index (χ0) is 23.3. The van der Waals surface area contributed by atoms with Crippen LogP contribution in [0.4, 0.5) is 5.69 Å². The van der Waals surface area contributed by atoms with Crippen molar-refractivity contribution in [2.75, 3.05) is 11.9 Å². The number of nitrogens with one attached hydrogen (secondary N) is 2. The van der Waals surface area contributed by atoms with Crippen LogP contribution in [0.5, 0.6) is 0 Å². The van der Waals surface area contributed by atoms with Crippen LogP contribution in [0, 0.1) is 5.21 Å². The monoisotopic (exact) mass is 445 g/mol. The summed E-state index contributed by atoms with van der Waals surface area (Å²) in [7, 11) is 0. The standard InChI is InChI=1S/C27H31N3O3/c31-26(15-7-9-22-16-19-30(33)20-17-22)28-18-6-2-5-14-27(32)29-25-13-8-12-24(21-25)23-10-3-1-4-11-23/h1,3-4,8,10-13,16-17,19-21H,2,5-7,9,14-15,18H2,(H,28,31)(H,29,32). The lowest BCUT2D eigenvalue weighted by molar-refractivity contribution is -0.605. The molecule has 3 aromatic rings. The van der Waals surface area contributed by atoms with Crippen molar-refractivity contribution in [1.29, 1.82) is 0 Å². The molecular formula is C27H31N3O3. The fourth-order valence-corrected chi connectivity index (χ4v) is 3.60. The van der Waals surface area contributed by atoms with E-state index in [2.05, 4.69) is 10.6 Å². The van der Waals surface area contributed by atoms with Crippen LogP contribution in [0.2, 0.25) is 0 Å². The third-order valence-electron chi connectivity index (χ3n) is 5.40. The molecule has 0 fully saturated rings. The highest BCUT2D eigenvalue weighted by Gasteiger charge is 2.05. The summed E-state index contributed by atoms with van der Waals surface area (Å²) in [5.74, 6) is 0.0496. The summed E-state index contributed by atoms with van der Waals surface area (Å²) in [6, 6.07) is 21.5. The minimum absolute atomic E-state index is 0.00709. The van der Waals surface area contributed by atoms with Crippen LogP contribution in [0.1, 0.15) is 44.1 Å². The van der Waals surface area contributed by atoms with E-state index in [4.69, 9.17) is 0 Å². The van der Waals surface area contributed by atoms with Gasteiger partial charge in [-0.25, -0.2) is 0 Å². The Hall–Kier alpha value is -3.67. The van der Waals surface area contributed by atoms with E-state index in [9.17, 15) is 14.8 Å². The number of carbonyl (C=O) groups excluding carboxylic acids is 2. The van der Waals surface area contributed by atoms with Gasteiger partial charge in [0.15, 0.2) is 12.4 Å². The van der Waals surface area contributed by atoms with Crippen LogP contribution < -0.4 is 15.4 Å². The fraction of sp³-hybridized carbons (Fsp3) is 0.296. The molecule has 0 spiro atoms. The number of anilines is 1. The Morgan fingerprint density at radius 3 is 2.27 bits per heavy atom. The molecule has 2 amide bonds. The van der Waals surface area contributed by atoms with Gasteiger partial charge in [0.1, 0.15) is 0 Å². The van der Waals surface area contributed by atoms with E-state index in [0.29, 0.717) is 19.4 Å². The molecule has 6 heteroatoms. The SMILES string of the molecule is O=C(CCCc1cc[n+]([O-])cc1)NCCCCCC(=O)Nc1cccc(-c2ccccc2)c1. The van der Waals surface area contributed by atoms with Gasteiger partial charge in [-0.15, -0.1) is 0 Å². The van der Waals surface area contributed by atoms with Gasteiger partial charge in [-0.2, -0.15) is 4.73 Å². The Labute approximate surface area is 195 Å². The lowest BCUT2D eigenvalue weighted by Gasteiger charge is -2.08. The van der Waals surface area contributed by atoms with E-state index in [1.165, 1.54) is 12.4 Å². The van der Waals surface area contributed by atoms with E-state index in [0.717, 1.165) is 59.2 Å². The Bertz CT molecular complexity index is 1020. The van der Waals surface area contributed by atoms with Crippen LogP contribution in [0.25, 0.3) is 11.1 Å². The molecule has 0 aliphatic heterocycles. The van der Waals surface area contributed by atoms with Gasteiger partial charge in [0.2, 0.25) is 11.8 Å². The summed E-state index contributed by atoms with van der Waals surface area (Å²) >= 11 is 0. The highest BCUT2D eigenvalue weighted by atomic mass is 16.5. The van der Waals surface area contributed by atoms with Gasteiger partial charge in [0.05, 0.1) is 0 Å². The lowest BCUT2D eigenvalue weighted by Crippen LogP contribution is -2.24. The normalized spacial score (nSPS) is 10.5. The Balaban J connectivity index is 1.25. The molecule has 2 N–H and O–H groups in total. The first-order chi connectivity index (χ1) is 16.1. The Morgan fingerprint density at radius 1 is 0.758 bits per heavy atom. The van der Waals surface area contributed by atoms with Gasteiger partial charge >= 0.3 is 0 Å². The quantitative estimate of drug-likeness (QED) is 0.242. The molecule has 0 radical (unpaired) electrons. The number of aryl methyl sites for hydroxylation is 1. The van der Waals surface area contributed by atoms with Crippen molar-refractivity contribution >= 4 is 17.5 Å². The summed E-state index contributed by atoms with van der Waals surface area (Å²) in [6.45, 7) is 0.626. The molecule has 2 aromatic carbocycles. The van der Waals surface area contributed by atoms with Gasteiger partial charge in [-0.05, 0) is 54.5 Å². The van der Waals surface area contributed by atoms with E-state index in [1.54, 1.807) is 12.1 Å². The number of hydrogen-bond donors (Lipinski definition) is 2. The van der Waals surface area contributed by atoms with Gasteiger partial charge in [-0.3, -0.25) is 9.59 Å². The zero-order valence-corrected chi connectivity index (χ0v) is 18.8. The number of pyridine rings is 1. The number of hydrogen-bond acceptors (Lipinski definition) is 3. The molecular weight excluding hydrogens is 414 g/mol. The van der Waals surface area contributed by atoms with Gasteiger partial charge in [0.25, 0.3) is 0 Å². The van der Waals surface area contributed by atoms with E-state index in [1.807, 2.05) is 54.6 Å². The van der Waals surface area contributed by atoms with E-state index < -0.39 is 0 Å². The lowest BCUT2D eigenvalue weighted by atomic mass is 10.1. The second-order valence-electron chi connectivity index (χ2n) is 8.08. The van der Waals surface area contributed by atoms with Crippen LogP contribution in [-0.4, -0.2) is 18.4 Å². The number of nitrogens with zero attached hydrogens (tertiary/aromatic N) is 1. The maximum atomic E-state index is 12.3. The number of aromatic nitrogens is 1. The number of unbranched alkanes of at least 4 members (excludes halogenated alkanes) is 2. The molecule has 0 unspecified atom stereocenters. The molecule has 0 saturated heterocycles. The summed E-state index contributed by atoms with van der Waals surface area (Å²) in [4.78, 5) is 24.2. The maximum Gasteiger partial charge on any atom is 0.224 e. The number of rotatable bonds is 12. The summed E-state index contributed by atoms with van der Waals surface area (Å²) < 4.78 is 0.753. The average Bonchev–Trinajstić information content (AvgIpc) is 2.83. The summed E-state index contributed by atoms with van der Waals surface area (Å²) in [5, 5.41) is 16.9. The van der Waals surface area contributed by atoms with Crippen molar-refractivity contribution in [1.82, 2.24) is 5.32 Å². The molecule has 3 rings (SSSR count). The molecule has 33 heavy (non-hydrogen) atoms. The maximum absolute atomic E-state index is 12.3. The van der Waals surface area contributed by atoms with Crippen molar-refractivity contribution < 1.29 is 14.3 Å². The van der Waals surface area contributed by atoms with Crippen LogP contribution in [0.3, 0.4) is 0 Å². The van der Waals surface area contributed by atoms with Crippen molar-refractivity contribution in [3.63, 3.8) is 0 Å². The Morgan fingerprint density at radius 2 is 1.48 bits per heavy atom. The largest absolute Gasteiger partial charge is 0.619 e. The minimum atomic E-state index is 0.00709. The van der Waals surface area contributed by atoms with Crippen LogP contribution >= 0.6 is 0 Å². The molecule has 6 nitrogen and oxygen atoms in total. The fourth-order valence-electron chi connectivity index (χ4n) is 3.60. The molecule has 0 aliphatic carbocycles. The molecule has 1 heterocycles. The van der Waals surface area contributed by atoms with Crippen molar-refractivity contribution in [3.8, 4) is 11.1 Å². The van der Waals surface area contributed by atoms with E-state index >= 15 is 0 Å². The molecule has 0 bridgehead atoms. The third-order valence-corrected chi connectivity index (χ3v) is 5.40. The Kier molecular flexibility index (Phi) is 9.45. The molecule has 172 valence electrons. The highest BCUT2D eigenvalue weighted by Crippen LogP contribution is 2.22. The predicted octanol–water partition coefficient (Wildman–Crippen LogP) is 4.63. The molecule has 0 atom stereocenters. The number of amides is 2. The number of benzene rings is 2. The van der Waals surface area contributed by atoms with Gasteiger partial charge in [0, 0.05) is 37.2 Å². The minimum Gasteiger partial charge on any atom is -0.619 e. The first-order valence-corrected chi connectivity index (χ1v) is 11.5. The topological polar surface area (TPSA) is 85.1 Å². The van der Waals surface area contributed by atoms with Crippen LogP contribution in [0.15, 0.2) is 79.1 Å². The second kappa shape index (κ2) is 13.0. The third kappa shape index (κ3) is 8.77. The smallest absolute Gasteiger partial charge is 0.224 e. The number of carbonyl (C=O) groups is 2. The molecule has 0 aliphatic rings. The predicted molar refractivity (Wildman–Crippen MR) is 130 cm³/mol. The first-order valence-electron chi connectivity index (χ1n) is 11.5. The molecule has 1 aromatic heterocycles. The molecule has 0 saturated carbocycles. The van der Waals surface area contributed by atoms with Gasteiger partial charge < -0.3 is 15.8 Å². The zero-order valence-electron chi connectivity index (χ0n) is 18.8.